The summed E-state index contributed by atoms with van der Waals surface area (Å²) in [5.41, 5.74) is 1.11. The molecule has 1 N–H and O–H groups in total. The van der Waals surface area contributed by atoms with Gasteiger partial charge in [-0.15, -0.1) is 0 Å². The Morgan fingerprint density at radius 3 is 2.58 bits per heavy atom. The molecule has 4 heteroatoms. The zero-order valence-corrected chi connectivity index (χ0v) is 11.0. The van der Waals surface area contributed by atoms with Gasteiger partial charge in [-0.2, -0.15) is 0 Å². The number of ketones is 1. The van der Waals surface area contributed by atoms with Crippen molar-refractivity contribution < 1.29 is 19.4 Å². The minimum absolute atomic E-state index is 0.135. The van der Waals surface area contributed by atoms with E-state index in [1.165, 1.54) is 7.11 Å². The van der Waals surface area contributed by atoms with Gasteiger partial charge in [-0.1, -0.05) is 18.6 Å². The number of benzene rings is 1. The fourth-order valence-electron chi connectivity index (χ4n) is 2.51. The first-order valence-electron chi connectivity index (χ1n) is 6.52. The van der Waals surface area contributed by atoms with Crippen LogP contribution in [0.15, 0.2) is 24.3 Å². The predicted octanol–water partition coefficient (Wildman–Crippen LogP) is 2.27. The lowest BCUT2D eigenvalue weighted by atomic mass is 9.81. The Labute approximate surface area is 112 Å². The zero-order valence-electron chi connectivity index (χ0n) is 11.0. The number of hydrogen-bond acceptors (Lipinski definition) is 4. The van der Waals surface area contributed by atoms with E-state index in [0.717, 1.165) is 19.3 Å². The third-order valence-electron chi connectivity index (χ3n) is 3.66. The highest BCUT2D eigenvalue weighted by molar-refractivity contribution is 5.89. The van der Waals surface area contributed by atoms with Crippen LogP contribution in [0, 0.1) is 5.92 Å². The number of methoxy groups -OCH3 is 1. The summed E-state index contributed by atoms with van der Waals surface area (Å²) >= 11 is 0. The van der Waals surface area contributed by atoms with Crippen LogP contribution in [0.4, 0.5) is 0 Å². The van der Waals surface area contributed by atoms with E-state index in [0.29, 0.717) is 17.5 Å². The molecule has 0 aromatic heterocycles. The first kappa shape index (κ1) is 13.7. The maximum absolute atomic E-state index is 11.8. The summed E-state index contributed by atoms with van der Waals surface area (Å²) in [6.45, 7) is 0. The minimum Gasteiger partial charge on any atom is -0.465 e. The van der Waals surface area contributed by atoms with Gasteiger partial charge >= 0.3 is 5.97 Å². The Bertz CT molecular complexity index is 464. The second-order valence-corrected chi connectivity index (χ2v) is 4.88. The molecule has 19 heavy (non-hydrogen) atoms. The molecule has 1 saturated carbocycles. The Hall–Kier alpha value is -1.68. The normalized spacial score (nSPS) is 20.9. The Balaban J connectivity index is 2.12. The fourth-order valence-corrected chi connectivity index (χ4v) is 2.51. The molecule has 0 amide bonds. The van der Waals surface area contributed by atoms with E-state index < -0.39 is 12.1 Å². The number of hydrogen-bond donors (Lipinski definition) is 1. The van der Waals surface area contributed by atoms with Crippen LogP contribution in [-0.4, -0.2) is 24.0 Å². The highest BCUT2D eigenvalue weighted by atomic mass is 16.5. The van der Waals surface area contributed by atoms with E-state index in [4.69, 9.17) is 0 Å². The minimum atomic E-state index is -0.778. The monoisotopic (exact) mass is 262 g/mol. The molecule has 0 heterocycles. The molecule has 1 aliphatic carbocycles. The maximum Gasteiger partial charge on any atom is 0.337 e. The molecule has 0 radical (unpaired) electrons. The maximum atomic E-state index is 11.8. The third kappa shape index (κ3) is 3.01. The van der Waals surface area contributed by atoms with Crippen molar-refractivity contribution in [1.82, 2.24) is 0 Å². The van der Waals surface area contributed by atoms with E-state index in [1.54, 1.807) is 24.3 Å². The second kappa shape index (κ2) is 5.97. The molecule has 0 unspecified atom stereocenters. The summed E-state index contributed by atoms with van der Waals surface area (Å²) in [4.78, 5) is 23.1. The molecule has 1 fully saturated rings. The van der Waals surface area contributed by atoms with Gasteiger partial charge in [0.1, 0.15) is 5.78 Å². The van der Waals surface area contributed by atoms with Crippen LogP contribution in [-0.2, 0) is 9.53 Å². The molecule has 1 aliphatic rings. The van der Waals surface area contributed by atoms with Gasteiger partial charge in [0, 0.05) is 12.3 Å². The molecule has 0 bridgehead atoms. The van der Waals surface area contributed by atoms with Gasteiger partial charge in [0.05, 0.1) is 18.8 Å². The summed E-state index contributed by atoms with van der Waals surface area (Å²) in [5.74, 6) is -0.580. The SMILES string of the molecule is COC(=O)c1ccc([C@H](O)[C@@H]2CCCCC2=O)cc1. The van der Waals surface area contributed by atoms with E-state index in [1.807, 2.05) is 0 Å². The van der Waals surface area contributed by atoms with Crippen LogP contribution >= 0.6 is 0 Å². The average molecular weight is 262 g/mol. The Morgan fingerprint density at radius 1 is 1.32 bits per heavy atom. The molecule has 102 valence electrons. The molecule has 0 aliphatic heterocycles. The quantitative estimate of drug-likeness (QED) is 0.849. The van der Waals surface area contributed by atoms with Crippen molar-refractivity contribution in [3.05, 3.63) is 35.4 Å². The van der Waals surface area contributed by atoms with Gasteiger partial charge in [0.25, 0.3) is 0 Å². The average Bonchev–Trinajstić information content (AvgIpc) is 2.46. The largest absolute Gasteiger partial charge is 0.465 e. The fraction of sp³-hybridized carbons (Fsp3) is 0.467. The molecule has 0 spiro atoms. The van der Waals surface area contributed by atoms with Gasteiger partial charge in [0.2, 0.25) is 0 Å². The molecule has 0 saturated heterocycles. The molecule has 2 rings (SSSR count). The van der Waals surface area contributed by atoms with Crippen LogP contribution in [0.2, 0.25) is 0 Å². The number of rotatable bonds is 3. The lowest BCUT2D eigenvalue weighted by molar-refractivity contribution is -0.128. The number of carbonyl (C=O) groups excluding carboxylic acids is 2. The van der Waals surface area contributed by atoms with E-state index >= 15 is 0 Å². The molecule has 2 atom stereocenters. The lowest BCUT2D eigenvalue weighted by Crippen LogP contribution is -2.25. The summed E-state index contributed by atoms with van der Waals surface area (Å²) in [6.07, 6.45) is 2.41. The number of ether oxygens (including phenoxy) is 1. The summed E-state index contributed by atoms with van der Waals surface area (Å²) in [6, 6.07) is 6.58. The first-order chi connectivity index (χ1) is 9.13. The number of aliphatic hydroxyl groups excluding tert-OH is 1. The van der Waals surface area contributed by atoms with Crippen molar-refractivity contribution in [1.29, 1.82) is 0 Å². The summed E-state index contributed by atoms with van der Waals surface area (Å²) in [7, 11) is 1.33. The molecule has 1 aromatic carbocycles. The van der Waals surface area contributed by atoms with E-state index in [2.05, 4.69) is 4.74 Å². The van der Waals surface area contributed by atoms with Gasteiger partial charge in [-0.3, -0.25) is 4.79 Å². The lowest BCUT2D eigenvalue weighted by Gasteiger charge is -2.25. The Morgan fingerprint density at radius 2 is 2.00 bits per heavy atom. The smallest absolute Gasteiger partial charge is 0.337 e. The van der Waals surface area contributed by atoms with Gasteiger partial charge in [-0.25, -0.2) is 4.79 Å². The van der Waals surface area contributed by atoms with Crippen molar-refractivity contribution in [2.24, 2.45) is 5.92 Å². The number of aliphatic hydroxyl groups is 1. The zero-order chi connectivity index (χ0) is 13.8. The van der Waals surface area contributed by atoms with Crippen LogP contribution in [0.5, 0.6) is 0 Å². The second-order valence-electron chi connectivity index (χ2n) is 4.88. The first-order valence-corrected chi connectivity index (χ1v) is 6.52. The molecular weight excluding hydrogens is 244 g/mol. The van der Waals surface area contributed by atoms with Crippen molar-refractivity contribution in [2.75, 3.05) is 7.11 Å². The highest BCUT2D eigenvalue weighted by Crippen LogP contribution is 2.32. The van der Waals surface area contributed by atoms with Crippen LogP contribution < -0.4 is 0 Å². The topological polar surface area (TPSA) is 63.6 Å². The van der Waals surface area contributed by atoms with Crippen molar-refractivity contribution in [3.8, 4) is 0 Å². The van der Waals surface area contributed by atoms with E-state index in [-0.39, 0.29) is 11.7 Å². The predicted molar refractivity (Wildman–Crippen MR) is 69.7 cm³/mol. The summed E-state index contributed by atoms with van der Waals surface area (Å²) < 4.78 is 4.61. The molecule has 4 nitrogen and oxygen atoms in total. The third-order valence-corrected chi connectivity index (χ3v) is 3.66. The molecular formula is C15H18O4. The standard InChI is InChI=1S/C15H18O4/c1-19-15(18)11-8-6-10(7-9-11)14(17)12-4-2-3-5-13(12)16/h6-9,12,14,17H,2-5H2,1H3/t12-,14+/m1/s1. The van der Waals surface area contributed by atoms with Gasteiger partial charge in [0.15, 0.2) is 0 Å². The van der Waals surface area contributed by atoms with Crippen LogP contribution in [0.1, 0.15) is 47.7 Å². The molecule has 1 aromatic rings. The van der Waals surface area contributed by atoms with E-state index in [9.17, 15) is 14.7 Å². The van der Waals surface area contributed by atoms with Crippen molar-refractivity contribution in [3.63, 3.8) is 0 Å². The van der Waals surface area contributed by atoms with Crippen LogP contribution in [0.3, 0.4) is 0 Å². The number of carbonyl (C=O) groups is 2. The van der Waals surface area contributed by atoms with Crippen molar-refractivity contribution in [2.45, 2.75) is 31.8 Å². The number of esters is 1. The number of Topliss-reactive ketones (excluding diaryl/α,β-unsaturated/α-hetero) is 1. The van der Waals surface area contributed by atoms with Crippen molar-refractivity contribution >= 4 is 11.8 Å². The van der Waals surface area contributed by atoms with Gasteiger partial charge in [-0.05, 0) is 30.5 Å². The Kier molecular flexibility index (Phi) is 4.32. The summed E-state index contributed by atoms with van der Waals surface area (Å²) in [5, 5.41) is 10.3. The van der Waals surface area contributed by atoms with Gasteiger partial charge < -0.3 is 9.84 Å². The van der Waals surface area contributed by atoms with Crippen LogP contribution in [0.25, 0.3) is 0 Å². The highest BCUT2D eigenvalue weighted by Gasteiger charge is 2.29.